The number of ether oxygens (including phenoxy) is 2. The maximum absolute atomic E-state index is 5.99. The van der Waals surface area contributed by atoms with Crippen LogP contribution in [0.5, 0.6) is 11.5 Å². The van der Waals surface area contributed by atoms with Crippen molar-refractivity contribution in [1.82, 2.24) is 9.88 Å². The summed E-state index contributed by atoms with van der Waals surface area (Å²) in [4.78, 5) is 6.50. The van der Waals surface area contributed by atoms with Crippen LogP contribution >= 0.6 is 11.3 Å². The number of hydrogen-bond acceptors (Lipinski definition) is 6. The average molecular weight is 307 g/mol. The Morgan fingerprint density at radius 2 is 2.14 bits per heavy atom. The standard InChI is InChI=1S/C15H21N3O2S/c1-18(8-11-9-21-10-17-11)14(7-16)13-6-12(19-2)4-5-15(13)20-3/h4-6,9-10,14H,7-8,16H2,1-3H3. The highest BCUT2D eigenvalue weighted by atomic mass is 32.1. The fourth-order valence-electron chi connectivity index (χ4n) is 2.33. The van der Waals surface area contributed by atoms with Crippen molar-refractivity contribution in [3.63, 3.8) is 0 Å². The molecule has 0 aliphatic carbocycles. The van der Waals surface area contributed by atoms with Crippen LogP contribution in [0.4, 0.5) is 0 Å². The van der Waals surface area contributed by atoms with Gasteiger partial charge in [0.15, 0.2) is 0 Å². The monoisotopic (exact) mass is 307 g/mol. The zero-order valence-electron chi connectivity index (χ0n) is 12.6. The number of aromatic nitrogens is 1. The minimum Gasteiger partial charge on any atom is -0.497 e. The Balaban J connectivity index is 2.26. The molecule has 1 heterocycles. The van der Waals surface area contributed by atoms with Gasteiger partial charge < -0.3 is 15.2 Å². The third kappa shape index (κ3) is 3.72. The minimum absolute atomic E-state index is 0.0387. The second-order valence-electron chi connectivity index (χ2n) is 4.75. The van der Waals surface area contributed by atoms with Gasteiger partial charge >= 0.3 is 0 Å². The van der Waals surface area contributed by atoms with Gasteiger partial charge in [0.1, 0.15) is 11.5 Å². The number of likely N-dealkylation sites (N-methyl/N-ethyl adjacent to an activating group) is 1. The van der Waals surface area contributed by atoms with Gasteiger partial charge in [-0.2, -0.15) is 0 Å². The van der Waals surface area contributed by atoms with Crippen LogP contribution in [0.15, 0.2) is 29.1 Å². The van der Waals surface area contributed by atoms with E-state index in [1.807, 2.05) is 36.1 Å². The maximum Gasteiger partial charge on any atom is 0.123 e. The predicted octanol–water partition coefficient (Wildman–Crippen LogP) is 2.29. The lowest BCUT2D eigenvalue weighted by molar-refractivity contribution is 0.233. The normalized spacial score (nSPS) is 12.4. The largest absolute Gasteiger partial charge is 0.497 e. The van der Waals surface area contributed by atoms with E-state index in [9.17, 15) is 0 Å². The lowest BCUT2D eigenvalue weighted by Gasteiger charge is -2.28. The van der Waals surface area contributed by atoms with Crippen molar-refractivity contribution in [3.8, 4) is 11.5 Å². The molecule has 21 heavy (non-hydrogen) atoms. The molecule has 1 aromatic carbocycles. The molecule has 0 aliphatic rings. The highest BCUT2D eigenvalue weighted by Crippen LogP contribution is 2.32. The van der Waals surface area contributed by atoms with E-state index in [0.717, 1.165) is 29.3 Å². The number of benzene rings is 1. The first kappa shape index (κ1) is 15.8. The van der Waals surface area contributed by atoms with Crippen molar-refractivity contribution in [2.24, 2.45) is 5.73 Å². The van der Waals surface area contributed by atoms with E-state index in [2.05, 4.69) is 9.88 Å². The lowest BCUT2D eigenvalue weighted by Crippen LogP contribution is -2.30. The fourth-order valence-corrected chi connectivity index (χ4v) is 2.88. The highest BCUT2D eigenvalue weighted by molar-refractivity contribution is 7.07. The van der Waals surface area contributed by atoms with Crippen LogP contribution in [0.2, 0.25) is 0 Å². The molecule has 0 spiro atoms. The zero-order chi connectivity index (χ0) is 15.2. The summed E-state index contributed by atoms with van der Waals surface area (Å²) in [5.41, 5.74) is 9.90. The van der Waals surface area contributed by atoms with Gasteiger partial charge in [0.25, 0.3) is 0 Å². The number of hydrogen-bond donors (Lipinski definition) is 1. The van der Waals surface area contributed by atoms with Gasteiger partial charge in [-0.1, -0.05) is 0 Å². The van der Waals surface area contributed by atoms with Crippen molar-refractivity contribution in [3.05, 3.63) is 40.3 Å². The molecule has 6 heteroatoms. The molecular formula is C15H21N3O2S. The van der Waals surface area contributed by atoms with Crippen LogP contribution in [-0.2, 0) is 6.54 Å². The molecule has 0 saturated carbocycles. The lowest BCUT2D eigenvalue weighted by atomic mass is 10.0. The first-order valence-corrected chi connectivity index (χ1v) is 7.63. The van der Waals surface area contributed by atoms with E-state index in [4.69, 9.17) is 15.2 Å². The number of nitrogens with zero attached hydrogens (tertiary/aromatic N) is 2. The molecule has 1 atom stereocenters. The van der Waals surface area contributed by atoms with Gasteiger partial charge in [-0.05, 0) is 25.2 Å². The zero-order valence-corrected chi connectivity index (χ0v) is 13.4. The van der Waals surface area contributed by atoms with Crippen molar-refractivity contribution in [2.45, 2.75) is 12.6 Å². The van der Waals surface area contributed by atoms with Gasteiger partial charge in [0, 0.05) is 24.0 Å². The van der Waals surface area contributed by atoms with Gasteiger partial charge in [-0.3, -0.25) is 4.90 Å². The maximum atomic E-state index is 5.99. The van der Waals surface area contributed by atoms with E-state index < -0.39 is 0 Å². The smallest absolute Gasteiger partial charge is 0.123 e. The fraction of sp³-hybridized carbons (Fsp3) is 0.400. The van der Waals surface area contributed by atoms with Crippen LogP contribution in [0.3, 0.4) is 0 Å². The van der Waals surface area contributed by atoms with Crippen LogP contribution in [0.25, 0.3) is 0 Å². The van der Waals surface area contributed by atoms with Crippen LogP contribution in [0.1, 0.15) is 17.3 Å². The minimum atomic E-state index is 0.0387. The van der Waals surface area contributed by atoms with E-state index in [-0.39, 0.29) is 6.04 Å². The molecule has 1 unspecified atom stereocenters. The van der Waals surface area contributed by atoms with Crippen LogP contribution in [-0.4, -0.2) is 37.7 Å². The predicted molar refractivity (Wildman–Crippen MR) is 84.9 cm³/mol. The van der Waals surface area contributed by atoms with Gasteiger partial charge in [0.2, 0.25) is 0 Å². The summed E-state index contributed by atoms with van der Waals surface area (Å²) in [6, 6.07) is 5.81. The Morgan fingerprint density at radius 3 is 2.71 bits per heavy atom. The van der Waals surface area contributed by atoms with Crippen molar-refractivity contribution in [2.75, 3.05) is 27.8 Å². The molecule has 2 aromatic rings. The van der Waals surface area contributed by atoms with Crippen LogP contribution < -0.4 is 15.2 Å². The van der Waals surface area contributed by atoms with E-state index in [1.54, 1.807) is 25.6 Å². The Morgan fingerprint density at radius 1 is 1.33 bits per heavy atom. The van der Waals surface area contributed by atoms with Gasteiger partial charge in [-0.15, -0.1) is 11.3 Å². The molecule has 2 rings (SSSR count). The number of thiazole rings is 1. The first-order chi connectivity index (χ1) is 10.2. The first-order valence-electron chi connectivity index (χ1n) is 6.69. The third-order valence-electron chi connectivity index (χ3n) is 3.45. The Labute approximate surface area is 129 Å². The van der Waals surface area contributed by atoms with Gasteiger partial charge in [-0.25, -0.2) is 4.98 Å². The SMILES string of the molecule is COc1ccc(OC)c(C(CN)N(C)Cc2cscn2)c1. The summed E-state index contributed by atoms with van der Waals surface area (Å²) >= 11 is 1.60. The molecule has 0 aliphatic heterocycles. The van der Waals surface area contributed by atoms with Crippen molar-refractivity contribution < 1.29 is 9.47 Å². The summed E-state index contributed by atoms with van der Waals surface area (Å²) in [5.74, 6) is 1.61. The summed E-state index contributed by atoms with van der Waals surface area (Å²) in [5, 5.41) is 2.05. The Bertz CT molecular complexity index is 560. The summed E-state index contributed by atoms with van der Waals surface area (Å²) in [7, 11) is 5.36. The Kier molecular flexibility index (Phi) is 5.55. The third-order valence-corrected chi connectivity index (χ3v) is 4.08. The van der Waals surface area contributed by atoms with E-state index in [1.165, 1.54) is 0 Å². The molecule has 0 fully saturated rings. The second kappa shape index (κ2) is 7.40. The summed E-state index contributed by atoms with van der Waals surface area (Å²) in [6.45, 7) is 1.23. The van der Waals surface area contributed by atoms with Crippen molar-refractivity contribution >= 4 is 11.3 Å². The van der Waals surface area contributed by atoms with Crippen LogP contribution in [0, 0.1) is 0 Å². The Hall–Kier alpha value is -1.63. The number of methoxy groups -OCH3 is 2. The number of rotatable bonds is 7. The molecule has 2 N–H and O–H groups in total. The highest BCUT2D eigenvalue weighted by Gasteiger charge is 2.21. The van der Waals surface area contributed by atoms with Gasteiger partial charge in [0.05, 0.1) is 31.5 Å². The van der Waals surface area contributed by atoms with E-state index in [0.29, 0.717) is 6.54 Å². The molecular weight excluding hydrogens is 286 g/mol. The molecule has 0 bridgehead atoms. The molecule has 1 aromatic heterocycles. The second-order valence-corrected chi connectivity index (χ2v) is 5.47. The molecule has 0 amide bonds. The summed E-state index contributed by atoms with van der Waals surface area (Å²) in [6.07, 6.45) is 0. The topological polar surface area (TPSA) is 60.6 Å². The van der Waals surface area contributed by atoms with E-state index >= 15 is 0 Å². The molecule has 0 radical (unpaired) electrons. The van der Waals surface area contributed by atoms with Crippen molar-refractivity contribution in [1.29, 1.82) is 0 Å². The molecule has 114 valence electrons. The molecule has 0 saturated heterocycles. The average Bonchev–Trinajstić information content (AvgIpc) is 3.00. The quantitative estimate of drug-likeness (QED) is 0.850. The summed E-state index contributed by atoms with van der Waals surface area (Å²) < 4.78 is 10.8. The molecule has 5 nitrogen and oxygen atoms in total. The number of nitrogens with two attached hydrogens (primary N) is 1.